The molecule has 118 valence electrons. The largest absolute Gasteiger partial charge is 0.302 e. The zero-order valence-corrected chi connectivity index (χ0v) is 13.5. The minimum atomic E-state index is -0.00278. The van der Waals surface area contributed by atoms with Crippen LogP contribution >= 0.6 is 0 Å². The van der Waals surface area contributed by atoms with E-state index in [1.807, 2.05) is 6.07 Å². The van der Waals surface area contributed by atoms with Crippen molar-refractivity contribution in [3.8, 4) is 0 Å². The number of fused-ring (bicyclic) bond motifs is 1. The highest BCUT2D eigenvalue weighted by Crippen LogP contribution is 2.57. The van der Waals surface area contributed by atoms with Crippen LogP contribution in [0.3, 0.4) is 0 Å². The summed E-state index contributed by atoms with van der Waals surface area (Å²) in [6.45, 7) is 2.31. The van der Waals surface area contributed by atoms with Crippen molar-refractivity contribution >= 4 is 5.78 Å². The molecule has 1 saturated heterocycles. The fraction of sp³-hybridized carbons (Fsp3) is 0.381. The number of Topliss-reactive ketones (excluding diaryl/α,β-unsaturated/α-hetero) is 1. The third kappa shape index (κ3) is 2.33. The van der Waals surface area contributed by atoms with Gasteiger partial charge in [-0.1, -0.05) is 67.6 Å². The van der Waals surface area contributed by atoms with Gasteiger partial charge in [0.05, 0.1) is 0 Å². The van der Waals surface area contributed by atoms with Crippen molar-refractivity contribution in [3.05, 3.63) is 71.8 Å². The fourth-order valence-corrected chi connectivity index (χ4v) is 4.75. The molecule has 2 aromatic carbocycles. The van der Waals surface area contributed by atoms with Crippen LogP contribution in [0, 0.1) is 11.3 Å². The molecule has 2 heteroatoms. The van der Waals surface area contributed by atoms with Crippen molar-refractivity contribution in [2.24, 2.45) is 11.3 Å². The van der Waals surface area contributed by atoms with Gasteiger partial charge >= 0.3 is 0 Å². The number of hydrogen-bond acceptors (Lipinski definition) is 2. The Labute approximate surface area is 137 Å². The summed E-state index contributed by atoms with van der Waals surface area (Å²) >= 11 is 0. The molecule has 1 aliphatic carbocycles. The maximum atomic E-state index is 12.8. The predicted molar refractivity (Wildman–Crippen MR) is 92.0 cm³/mol. The van der Waals surface area contributed by atoms with Gasteiger partial charge in [0.2, 0.25) is 0 Å². The van der Waals surface area contributed by atoms with Gasteiger partial charge in [-0.05, 0) is 29.4 Å². The SMILES string of the molecule is C[C@]12CCCC(=O)[C@@H]1[C@@H](c1ccccc1)N[C@H]2c1ccccc1. The van der Waals surface area contributed by atoms with E-state index in [0.29, 0.717) is 5.78 Å². The summed E-state index contributed by atoms with van der Waals surface area (Å²) in [5.41, 5.74) is 2.53. The van der Waals surface area contributed by atoms with Gasteiger partial charge in [-0.3, -0.25) is 4.79 Å². The number of carbonyl (C=O) groups excluding carboxylic acids is 1. The second-order valence-electron chi connectivity index (χ2n) is 7.20. The Bertz CT molecular complexity index is 696. The van der Waals surface area contributed by atoms with Gasteiger partial charge in [0.1, 0.15) is 5.78 Å². The van der Waals surface area contributed by atoms with Gasteiger partial charge in [0, 0.05) is 24.4 Å². The number of ketones is 1. The molecular formula is C21H23NO. The minimum Gasteiger partial charge on any atom is -0.302 e. The van der Waals surface area contributed by atoms with Crippen LogP contribution in [0.1, 0.15) is 49.4 Å². The molecule has 2 fully saturated rings. The van der Waals surface area contributed by atoms with Crippen molar-refractivity contribution in [2.75, 3.05) is 0 Å². The zero-order chi connectivity index (χ0) is 15.9. The van der Waals surface area contributed by atoms with Crippen LogP contribution in [0.4, 0.5) is 0 Å². The second kappa shape index (κ2) is 5.61. The molecule has 2 aliphatic rings. The van der Waals surface area contributed by atoms with Crippen molar-refractivity contribution in [2.45, 2.75) is 38.3 Å². The molecule has 23 heavy (non-hydrogen) atoms. The maximum absolute atomic E-state index is 12.8. The van der Waals surface area contributed by atoms with Crippen LogP contribution in [0.15, 0.2) is 60.7 Å². The Morgan fingerprint density at radius 1 is 0.957 bits per heavy atom. The summed E-state index contributed by atoms with van der Waals surface area (Å²) in [6, 6.07) is 21.4. The molecule has 4 rings (SSSR count). The van der Waals surface area contributed by atoms with Crippen molar-refractivity contribution in [1.82, 2.24) is 5.32 Å². The Hall–Kier alpha value is -1.93. The molecule has 1 N–H and O–H groups in total. The van der Waals surface area contributed by atoms with E-state index in [2.05, 4.69) is 66.8 Å². The van der Waals surface area contributed by atoms with Crippen LogP contribution in [-0.2, 0) is 4.79 Å². The third-order valence-electron chi connectivity index (χ3n) is 5.83. The van der Waals surface area contributed by atoms with E-state index in [1.54, 1.807) is 0 Å². The lowest BCUT2D eigenvalue weighted by molar-refractivity contribution is -0.129. The van der Waals surface area contributed by atoms with Crippen molar-refractivity contribution in [1.29, 1.82) is 0 Å². The Balaban J connectivity index is 1.79. The van der Waals surface area contributed by atoms with Gasteiger partial charge in [-0.15, -0.1) is 0 Å². The summed E-state index contributed by atoms with van der Waals surface area (Å²) in [7, 11) is 0. The molecule has 0 aromatic heterocycles. The van der Waals surface area contributed by atoms with E-state index in [9.17, 15) is 4.79 Å². The number of hydrogen-bond donors (Lipinski definition) is 1. The van der Waals surface area contributed by atoms with Gasteiger partial charge in [-0.2, -0.15) is 0 Å². The molecule has 1 aliphatic heterocycles. The molecular weight excluding hydrogens is 282 g/mol. The highest BCUT2D eigenvalue weighted by atomic mass is 16.1. The first kappa shape index (κ1) is 14.6. The van der Waals surface area contributed by atoms with E-state index in [-0.39, 0.29) is 23.4 Å². The first-order valence-corrected chi connectivity index (χ1v) is 8.59. The fourth-order valence-electron chi connectivity index (χ4n) is 4.75. The van der Waals surface area contributed by atoms with Crippen LogP contribution < -0.4 is 5.32 Å². The summed E-state index contributed by atoms with van der Waals surface area (Å²) in [5.74, 6) is 0.502. The molecule has 0 radical (unpaired) electrons. The average Bonchev–Trinajstić information content (AvgIpc) is 2.91. The smallest absolute Gasteiger partial charge is 0.138 e. The third-order valence-corrected chi connectivity index (χ3v) is 5.83. The Morgan fingerprint density at radius 3 is 2.22 bits per heavy atom. The summed E-state index contributed by atoms with van der Waals surface area (Å²) in [5, 5.41) is 3.82. The normalized spacial score (nSPS) is 33.4. The molecule has 4 atom stereocenters. The molecule has 1 saturated carbocycles. The van der Waals surface area contributed by atoms with E-state index >= 15 is 0 Å². The lowest BCUT2D eigenvalue weighted by Crippen LogP contribution is -2.38. The topological polar surface area (TPSA) is 29.1 Å². The monoisotopic (exact) mass is 305 g/mol. The molecule has 2 aromatic rings. The van der Waals surface area contributed by atoms with Crippen LogP contribution in [0.2, 0.25) is 0 Å². The Kier molecular flexibility index (Phi) is 3.57. The van der Waals surface area contributed by atoms with E-state index in [0.717, 1.165) is 19.3 Å². The molecule has 0 spiro atoms. The lowest BCUT2D eigenvalue weighted by atomic mass is 9.62. The standard InChI is InChI=1S/C21H23NO/c1-21-14-8-13-17(23)18(21)19(15-9-4-2-5-10-15)22-20(21)16-11-6-3-7-12-16/h2-7,9-12,18-20,22H,8,13-14H2,1H3/t18-,19-,20+,21+/m1/s1. The predicted octanol–water partition coefficient (Wildman–Crippen LogP) is 4.45. The maximum Gasteiger partial charge on any atom is 0.138 e. The molecule has 0 unspecified atom stereocenters. The van der Waals surface area contributed by atoms with E-state index in [4.69, 9.17) is 0 Å². The molecule has 0 amide bonds. The Morgan fingerprint density at radius 2 is 1.57 bits per heavy atom. The molecule has 0 bridgehead atoms. The summed E-state index contributed by atoms with van der Waals surface area (Å²) in [6.07, 6.45) is 2.85. The number of rotatable bonds is 2. The second-order valence-corrected chi connectivity index (χ2v) is 7.20. The highest BCUT2D eigenvalue weighted by molar-refractivity contribution is 5.84. The van der Waals surface area contributed by atoms with Gasteiger partial charge < -0.3 is 5.32 Å². The number of carbonyl (C=O) groups is 1. The quantitative estimate of drug-likeness (QED) is 0.888. The first-order valence-electron chi connectivity index (χ1n) is 8.59. The number of benzene rings is 2. The van der Waals surface area contributed by atoms with Crippen molar-refractivity contribution in [3.63, 3.8) is 0 Å². The van der Waals surface area contributed by atoms with Crippen molar-refractivity contribution < 1.29 is 4.79 Å². The van der Waals surface area contributed by atoms with Gasteiger partial charge in [0.25, 0.3) is 0 Å². The highest BCUT2D eigenvalue weighted by Gasteiger charge is 2.56. The van der Waals surface area contributed by atoms with Crippen LogP contribution in [0.25, 0.3) is 0 Å². The summed E-state index contributed by atoms with van der Waals surface area (Å²) < 4.78 is 0. The lowest BCUT2D eigenvalue weighted by Gasteiger charge is -2.39. The van der Waals surface area contributed by atoms with Gasteiger partial charge in [0.15, 0.2) is 0 Å². The van der Waals surface area contributed by atoms with Crippen LogP contribution in [-0.4, -0.2) is 5.78 Å². The van der Waals surface area contributed by atoms with Crippen LogP contribution in [0.5, 0.6) is 0 Å². The van der Waals surface area contributed by atoms with E-state index < -0.39 is 0 Å². The summed E-state index contributed by atoms with van der Waals surface area (Å²) in [4.78, 5) is 12.8. The number of nitrogens with one attached hydrogen (secondary N) is 1. The molecule has 2 nitrogen and oxygen atoms in total. The molecule has 1 heterocycles. The first-order chi connectivity index (χ1) is 11.2. The zero-order valence-electron chi connectivity index (χ0n) is 13.5. The van der Waals surface area contributed by atoms with Gasteiger partial charge in [-0.25, -0.2) is 0 Å². The van der Waals surface area contributed by atoms with E-state index in [1.165, 1.54) is 11.1 Å². The minimum absolute atomic E-state index is 0.00278. The average molecular weight is 305 g/mol.